The summed E-state index contributed by atoms with van der Waals surface area (Å²) >= 11 is 0. The van der Waals surface area contributed by atoms with Gasteiger partial charge < -0.3 is 19.5 Å². The molecule has 1 atom stereocenters. The van der Waals surface area contributed by atoms with E-state index in [0.29, 0.717) is 43.2 Å². The third-order valence-corrected chi connectivity index (χ3v) is 7.55. The molecule has 7 nitrogen and oxygen atoms in total. The number of likely N-dealkylation sites (tertiary alicyclic amines) is 1. The zero-order valence-corrected chi connectivity index (χ0v) is 21.2. The molecule has 0 aromatic heterocycles. The first kappa shape index (κ1) is 25.0. The van der Waals surface area contributed by atoms with E-state index in [2.05, 4.69) is 20.8 Å². The molecule has 4 rings (SSSR count). The van der Waals surface area contributed by atoms with E-state index in [4.69, 9.17) is 9.47 Å². The van der Waals surface area contributed by atoms with E-state index < -0.39 is 6.09 Å². The molecule has 7 heteroatoms. The molecule has 2 aliphatic carbocycles. The Kier molecular flexibility index (Phi) is 6.56. The summed E-state index contributed by atoms with van der Waals surface area (Å²) < 4.78 is 10.4. The summed E-state index contributed by atoms with van der Waals surface area (Å²) in [5, 5.41) is 9.61. The fourth-order valence-electron chi connectivity index (χ4n) is 6.39. The van der Waals surface area contributed by atoms with Crippen molar-refractivity contribution in [1.29, 1.82) is 0 Å². The van der Waals surface area contributed by atoms with E-state index in [1.807, 2.05) is 18.2 Å². The van der Waals surface area contributed by atoms with Crippen LogP contribution < -0.4 is 0 Å². The normalized spacial score (nSPS) is 25.6. The molecule has 1 N–H and O–H groups in total. The summed E-state index contributed by atoms with van der Waals surface area (Å²) in [5.74, 6) is -0.390. The maximum Gasteiger partial charge on any atom is 0.407 e. The lowest BCUT2D eigenvalue weighted by molar-refractivity contribution is -0.166. The Morgan fingerprint density at radius 1 is 1.03 bits per heavy atom. The van der Waals surface area contributed by atoms with Gasteiger partial charge in [-0.15, -0.1) is 0 Å². The lowest BCUT2D eigenvalue weighted by Gasteiger charge is -2.67. The number of hydrogen-bond acceptors (Lipinski definition) is 5. The highest BCUT2D eigenvalue weighted by atomic mass is 16.5. The number of allylic oxidation sites excluding steroid dienone is 2. The van der Waals surface area contributed by atoms with Gasteiger partial charge in [0, 0.05) is 18.0 Å². The van der Waals surface area contributed by atoms with Gasteiger partial charge >= 0.3 is 18.0 Å². The molecule has 0 bridgehead atoms. The molecule has 2 fully saturated rings. The molecular weight excluding hydrogens is 446 g/mol. The fourth-order valence-corrected chi connectivity index (χ4v) is 6.39. The van der Waals surface area contributed by atoms with E-state index in [9.17, 15) is 19.5 Å². The van der Waals surface area contributed by atoms with Crippen molar-refractivity contribution in [2.24, 2.45) is 16.7 Å². The molecule has 188 valence electrons. The molecule has 0 radical (unpaired) electrons. The van der Waals surface area contributed by atoms with E-state index in [1.165, 1.54) is 5.57 Å². The number of rotatable bonds is 6. The van der Waals surface area contributed by atoms with Crippen molar-refractivity contribution in [2.45, 2.75) is 59.9 Å². The topological polar surface area (TPSA) is 93.1 Å². The van der Waals surface area contributed by atoms with Gasteiger partial charge in [0.05, 0.1) is 24.4 Å². The molecule has 1 amide bonds. The molecule has 35 heavy (non-hydrogen) atoms. The second-order valence-corrected chi connectivity index (χ2v) is 11.0. The Morgan fingerprint density at radius 3 is 2.17 bits per heavy atom. The summed E-state index contributed by atoms with van der Waals surface area (Å²) in [4.78, 5) is 38.1. The van der Waals surface area contributed by atoms with Crippen LogP contribution in [0, 0.1) is 16.7 Å². The Bertz CT molecular complexity index is 1090. The number of nitrogens with zero attached hydrogens (tertiary/aromatic N) is 1. The summed E-state index contributed by atoms with van der Waals surface area (Å²) in [6, 6.07) is 7.15. The first-order valence-electron chi connectivity index (χ1n) is 12.4. The minimum absolute atomic E-state index is 0.00173. The molecule has 1 unspecified atom stereocenters. The van der Waals surface area contributed by atoms with Crippen LogP contribution in [0.2, 0.25) is 0 Å². The number of carboxylic acid groups (broad SMARTS) is 1. The van der Waals surface area contributed by atoms with Crippen LogP contribution >= 0.6 is 0 Å². The predicted molar refractivity (Wildman–Crippen MR) is 132 cm³/mol. The number of hydrogen-bond donors (Lipinski definition) is 1. The minimum atomic E-state index is -0.848. The monoisotopic (exact) mass is 481 g/mol. The Hall–Kier alpha value is -3.09. The molecule has 1 spiro atoms. The summed E-state index contributed by atoms with van der Waals surface area (Å²) in [6.45, 7) is 11.1. The second kappa shape index (κ2) is 9.17. The molecule has 1 aliphatic heterocycles. The highest BCUT2D eigenvalue weighted by Crippen LogP contribution is 2.63. The fraction of sp³-hybridized carbons (Fsp3) is 0.536. The molecule has 1 heterocycles. The number of carbonyl (C=O) groups excluding carboxylic acids is 2. The lowest BCUT2D eigenvalue weighted by atomic mass is 9.47. The van der Waals surface area contributed by atoms with Crippen molar-refractivity contribution in [1.82, 2.24) is 4.90 Å². The van der Waals surface area contributed by atoms with Crippen LogP contribution in [-0.2, 0) is 14.3 Å². The standard InChI is InChI=1S/C28H35NO6/c1-6-34-23(30)18-10-8-17(9-11-18)21-12-19(13-22(21)24(31)35-7-2)20-14-28(15-20)16-29(26(32)33)25(28)27(3,4)5/h8-11,13,20,25H,6-7,12,14-16H2,1-5H3,(H,32,33). The van der Waals surface area contributed by atoms with Gasteiger partial charge in [-0.2, -0.15) is 0 Å². The Labute approximate surface area is 206 Å². The van der Waals surface area contributed by atoms with E-state index in [1.54, 1.807) is 30.9 Å². The maximum absolute atomic E-state index is 12.8. The number of esters is 2. The molecule has 3 aliphatic rings. The van der Waals surface area contributed by atoms with Crippen molar-refractivity contribution in [3.05, 3.63) is 52.6 Å². The average molecular weight is 482 g/mol. The van der Waals surface area contributed by atoms with Gasteiger partial charge in [-0.1, -0.05) is 38.5 Å². The number of amides is 1. The van der Waals surface area contributed by atoms with Crippen LogP contribution in [0.4, 0.5) is 4.79 Å². The smallest absolute Gasteiger partial charge is 0.407 e. The SMILES string of the molecule is CCOC(=O)C1=C(c2ccc(C(=O)OCC)cc2)CC(C2CC3(C2)CN(C(=O)O)C3C(C)(C)C)=C1. The van der Waals surface area contributed by atoms with Crippen molar-refractivity contribution in [2.75, 3.05) is 19.8 Å². The van der Waals surface area contributed by atoms with Crippen LogP contribution in [-0.4, -0.2) is 53.8 Å². The first-order chi connectivity index (χ1) is 16.5. The van der Waals surface area contributed by atoms with Crippen molar-refractivity contribution in [3.8, 4) is 0 Å². The molecular formula is C28H35NO6. The highest BCUT2D eigenvalue weighted by Gasteiger charge is 2.64. The van der Waals surface area contributed by atoms with Gasteiger partial charge in [0.15, 0.2) is 0 Å². The zero-order valence-electron chi connectivity index (χ0n) is 21.2. The van der Waals surface area contributed by atoms with Crippen molar-refractivity contribution < 1.29 is 29.0 Å². The summed E-state index contributed by atoms with van der Waals surface area (Å²) in [6.07, 6.45) is 3.63. The van der Waals surface area contributed by atoms with Gasteiger partial charge in [-0.05, 0) is 73.8 Å². The van der Waals surface area contributed by atoms with Gasteiger partial charge in [0.2, 0.25) is 0 Å². The third-order valence-electron chi connectivity index (χ3n) is 7.55. The highest BCUT2D eigenvalue weighted by molar-refractivity contribution is 6.03. The maximum atomic E-state index is 12.8. The average Bonchev–Trinajstić information content (AvgIpc) is 3.16. The predicted octanol–water partition coefficient (Wildman–Crippen LogP) is 5.31. The van der Waals surface area contributed by atoms with E-state index in [0.717, 1.165) is 24.0 Å². The van der Waals surface area contributed by atoms with E-state index >= 15 is 0 Å². The third kappa shape index (κ3) is 4.48. The Morgan fingerprint density at radius 2 is 1.63 bits per heavy atom. The molecule has 1 aromatic rings. The van der Waals surface area contributed by atoms with Crippen LogP contribution in [0.3, 0.4) is 0 Å². The largest absolute Gasteiger partial charge is 0.465 e. The zero-order chi connectivity index (χ0) is 25.5. The van der Waals surface area contributed by atoms with E-state index in [-0.39, 0.29) is 28.8 Å². The second-order valence-electron chi connectivity index (χ2n) is 11.0. The Balaban J connectivity index is 1.52. The summed E-state index contributed by atoms with van der Waals surface area (Å²) in [5.41, 5.74) is 3.91. The van der Waals surface area contributed by atoms with Crippen LogP contribution in [0.1, 0.15) is 69.8 Å². The van der Waals surface area contributed by atoms with Crippen LogP contribution in [0.25, 0.3) is 5.57 Å². The minimum Gasteiger partial charge on any atom is -0.465 e. The number of ether oxygens (including phenoxy) is 2. The van der Waals surface area contributed by atoms with Gasteiger partial charge in [-0.25, -0.2) is 14.4 Å². The van der Waals surface area contributed by atoms with Crippen molar-refractivity contribution in [3.63, 3.8) is 0 Å². The van der Waals surface area contributed by atoms with Crippen LogP contribution in [0.5, 0.6) is 0 Å². The molecule has 1 saturated heterocycles. The van der Waals surface area contributed by atoms with Gasteiger partial charge in [-0.3, -0.25) is 0 Å². The lowest BCUT2D eigenvalue weighted by Crippen LogP contribution is -2.74. The van der Waals surface area contributed by atoms with Crippen LogP contribution in [0.15, 0.2) is 41.5 Å². The van der Waals surface area contributed by atoms with Crippen molar-refractivity contribution >= 4 is 23.6 Å². The molecule has 1 aromatic carbocycles. The quantitative estimate of drug-likeness (QED) is 0.553. The number of benzene rings is 1. The van der Waals surface area contributed by atoms with Gasteiger partial charge in [0.1, 0.15) is 0 Å². The molecule has 1 saturated carbocycles. The van der Waals surface area contributed by atoms with Gasteiger partial charge in [0.25, 0.3) is 0 Å². The first-order valence-corrected chi connectivity index (χ1v) is 12.4. The summed E-state index contributed by atoms with van der Waals surface area (Å²) in [7, 11) is 0. The number of carbonyl (C=O) groups is 3.